The first kappa shape index (κ1) is 21.1. The predicted octanol–water partition coefficient (Wildman–Crippen LogP) is 4.37. The molecular weight excluding hydrogens is 363 g/mol. The SMILES string of the molecule is CCCN(CC(=O)N(Cc1ccc(F)cc1)Cc1sccc1C)C(=O)CC. The number of hydrogen-bond acceptors (Lipinski definition) is 3. The molecular formula is C21H27FN2O2S. The van der Waals surface area contributed by atoms with Gasteiger partial charge in [-0.15, -0.1) is 11.3 Å². The summed E-state index contributed by atoms with van der Waals surface area (Å²) in [5, 5.41) is 2.01. The van der Waals surface area contributed by atoms with E-state index in [0.717, 1.165) is 22.4 Å². The van der Waals surface area contributed by atoms with E-state index < -0.39 is 0 Å². The molecule has 2 amide bonds. The summed E-state index contributed by atoms with van der Waals surface area (Å²) < 4.78 is 13.2. The van der Waals surface area contributed by atoms with Gasteiger partial charge in [0.2, 0.25) is 11.8 Å². The number of rotatable bonds is 9. The third-order valence-electron chi connectivity index (χ3n) is 4.42. The number of aryl methyl sites for hydroxylation is 1. The maximum atomic E-state index is 13.2. The molecule has 0 spiro atoms. The average Bonchev–Trinajstić information content (AvgIpc) is 3.06. The van der Waals surface area contributed by atoms with Crippen LogP contribution in [-0.4, -0.2) is 34.7 Å². The molecule has 0 unspecified atom stereocenters. The largest absolute Gasteiger partial charge is 0.333 e. The average molecular weight is 391 g/mol. The molecule has 0 aliphatic rings. The number of benzene rings is 1. The fourth-order valence-corrected chi connectivity index (χ4v) is 3.75. The van der Waals surface area contributed by atoms with Crippen molar-refractivity contribution >= 4 is 23.2 Å². The van der Waals surface area contributed by atoms with Gasteiger partial charge in [0, 0.05) is 24.4 Å². The van der Waals surface area contributed by atoms with Crippen LogP contribution in [0.1, 0.15) is 42.7 Å². The molecule has 1 aromatic heterocycles. The van der Waals surface area contributed by atoms with Crippen molar-refractivity contribution < 1.29 is 14.0 Å². The summed E-state index contributed by atoms with van der Waals surface area (Å²) in [7, 11) is 0. The highest BCUT2D eigenvalue weighted by Crippen LogP contribution is 2.20. The van der Waals surface area contributed by atoms with Crippen LogP contribution in [-0.2, 0) is 22.7 Å². The summed E-state index contributed by atoms with van der Waals surface area (Å²) in [6, 6.07) is 8.22. The second-order valence-corrected chi connectivity index (χ2v) is 7.57. The van der Waals surface area contributed by atoms with Crippen LogP contribution in [0.3, 0.4) is 0 Å². The first-order valence-corrected chi connectivity index (χ1v) is 10.2. The van der Waals surface area contributed by atoms with Crippen LogP contribution in [0, 0.1) is 12.7 Å². The number of thiophene rings is 1. The molecule has 4 nitrogen and oxygen atoms in total. The number of carbonyl (C=O) groups is 2. The van der Waals surface area contributed by atoms with E-state index in [1.54, 1.807) is 40.2 Å². The lowest BCUT2D eigenvalue weighted by Gasteiger charge is -2.27. The molecule has 1 heterocycles. The van der Waals surface area contributed by atoms with E-state index in [1.165, 1.54) is 12.1 Å². The van der Waals surface area contributed by atoms with Gasteiger partial charge in [-0.2, -0.15) is 0 Å². The molecule has 0 atom stereocenters. The van der Waals surface area contributed by atoms with Gasteiger partial charge in [0.1, 0.15) is 5.82 Å². The number of amides is 2. The van der Waals surface area contributed by atoms with Gasteiger partial charge in [-0.1, -0.05) is 26.0 Å². The Labute approximate surface area is 164 Å². The molecule has 27 heavy (non-hydrogen) atoms. The molecule has 2 aromatic rings. The Morgan fingerprint density at radius 2 is 1.70 bits per heavy atom. The third-order valence-corrected chi connectivity index (χ3v) is 5.42. The van der Waals surface area contributed by atoms with Crippen LogP contribution in [0.2, 0.25) is 0 Å². The highest BCUT2D eigenvalue weighted by atomic mass is 32.1. The third kappa shape index (κ3) is 6.17. The van der Waals surface area contributed by atoms with Crippen molar-refractivity contribution in [2.75, 3.05) is 13.1 Å². The van der Waals surface area contributed by atoms with Crippen molar-refractivity contribution in [2.45, 2.75) is 46.7 Å². The van der Waals surface area contributed by atoms with Crippen LogP contribution in [0.15, 0.2) is 35.7 Å². The lowest BCUT2D eigenvalue weighted by Crippen LogP contribution is -2.42. The zero-order valence-electron chi connectivity index (χ0n) is 16.2. The molecule has 0 fully saturated rings. The number of halogens is 1. The van der Waals surface area contributed by atoms with Crippen molar-refractivity contribution in [3.05, 3.63) is 57.5 Å². The normalized spacial score (nSPS) is 10.7. The van der Waals surface area contributed by atoms with E-state index in [2.05, 4.69) is 0 Å². The first-order valence-electron chi connectivity index (χ1n) is 9.27. The van der Waals surface area contributed by atoms with E-state index >= 15 is 0 Å². The van der Waals surface area contributed by atoms with E-state index in [4.69, 9.17) is 0 Å². The van der Waals surface area contributed by atoms with Crippen molar-refractivity contribution in [1.82, 2.24) is 9.80 Å². The Kier molecular flexibility index (Phi) is 7.98. The fraction of sp³-hybridized carbons (Fsp3) is 0.429. The Morgan fingerprint density at radius 1 is 1.00 bits per heavy atom. The molecule has 2 rings (SSSR count). The summed E-state index contributed by atoms with van der Waals surface area (Å²) in [6.07, 6.45) is 1.19. The summed E-state index contributed by atoms with van der Waals surface area (Å²) in [4.78, 5) is 29.7. The van der Waals surface area contributed by atoms with Gasteiger partial charge in [0.25, 0.3) is 0 Å². The molecule has 6 heteroatoms. The quantitative estimate of drug-likeness (QED) is 0.638. The minimum absolute atomic E-state index is 0.0146. The minimum Gasteiger partial charge on any atom is -0.333 e. The van der Waals surface area contributed by atoms with Gasteiger partial charge in [-0.05, 0) is 48.1 Å². The maximum absolute atomic E-state index is 13.2. The van der Waals surface area contributed by atoms with E-state index in [9.17, 15) is 14.0 Å². The van der Waals surface area contributed by atoms with Crippen molar-refractivity contribution in [3.63, 3.8) is 0 Å². The molecule has 0 saturated carbocycles. The van der Waals surface area contributed by atoms with Crippen LogP contribution < -0.4 is 0 Å². The summed E-state index contributed by atoms with van der Waals surface area (Å²) in [5.41, 5.74) is 2.01. The van der Waals surface area contributed by atoms with Gasteiger partial charge in [0.05, 0.1) is 13.1 Å². The number of carbonyl (C=O) groups excluding carboxylic acids is 2. The highest BCUT2D eigenvalue weighted by molar-refractivity contribution is 7.10. The molecule has 0 bridgehead atoms. The Hall–Kier alpha value is -2.21. The van der Waals surface area contributed by atoms with E-state index in [0.29, 0.717) is 26.1 Å². The van der Waals surface area contributed by atoms with Crippen LogP contribution >= 0.6 is 11.3 Å². The molecule has 0 N–H and O–H groups in total. The Bertz CT molecular complexity index is 758. The first-order chi connectivity index (χ1) is 12.9. The Balaban J connectivity index is 2.18. The molecule has 0 aliphatic carbocycles. The Morgan fingerprint density at radius 3 is 2.26 bits per heavy atom. The van der Waals surface area contributed by atoms with Crippen molar-refractivity contribution in [3.8, 4) is 0 Å². The molecule has 146 valence electrons. The summed E-state index contributed by atoms with van der Waals surface area (Å²) in [6.45, 7) is 7.34. The molecule has 1 aromatic carbocycles. The zero-order chi connectivity index (χ0) is 19.8. The maximum Gasteiger partial charge on any atom is 0.242 e. The molecule has 0 radical (unpaired) electrons. The second-order valence-electron chi connectivity index (χ2n) is 6.57. The van der Waals surface area contributed by atoms with Gasteiger partial charge in [0.15, 0.2) is 0 Å². The summed E-state index contributed by atoms with van der Waals surface area (Å²) >= 11 is 1.61. The lowest BCUT2D eigenvalue weighted by atomic mass is 10.2. The van der Waals surface area contributed by atoms with Crippen LogP contribution in [0.25, 0.3) is 0 Å². The highest BCUT2D eigenvalue weighted by Gasteiger charge is 2.21. The lowest BCUT2D eigenvalue weighted by molar-refractivity contribution is -0.141. The second kappa shape index (κ2) is 10.2. The molecule has 0 saturated heterocycles. The van der Waals surface area contributed by atoms with Gasteiger partial charge < -0.3 is 9.80 Å². The van der Waals surface area contributed by atoms with Crippen molar-refractivity contribution in [1.29, 1.82) is 0 Å². The molecule has 0 aliphatic heterocycles. The fourth-order valence-electron chi connectivity index (χ4n) is 2.83. The standard InChI is InChI=1S/C21H27FN2O2S/c1-4-11-23(20(25)5-2)15-21(26)24(14-19-16(3)10-12-27-19)13-17-6-8-18(22)9-7-17/h6-10,12H,4-5,11,13-15H2,1-3H3. The van der Waals surface area contributed by atoms with Gasteiger partial charge >= 0.3 is 0 Å². The van der Waals surface area contributed by atoms with Gasteiger partial charge in [-0.25, -0.2) is 4.39 Å². The van der Waals surface area contributed by atoms with Crippen LogP contribution in [0.4, 0.5) is 4.39 Å². The van der Waals surface area contributed by atoms with E-state index in [1.807, 2.05) is 25.3 Å². The van der Waals surface area contributed by atoms with Gasteiger partial charge in [-0.3, -0.25) is 9.59 Å². The zero-order valence-corrected chi connectivity index (χ0v) is 17.0. The van der Waals surface area contributed by atoms with Crippen molar-refractivity contribution in [2.24, 2.45) is 0 Å². The smallest absolute Gasteiger partial charge is 0.242 e. The summed E-state index contributed by atoms with van der Waals surface area (Å²) in [5.74, 6) is -0.407. The monoisotopic (exact) mass is 390 g/mol. The van der Waals surface area contributed by atoms with Crippen LogP contribution in [0.5, 0.6) is 0 Å². The minimum atomic E-state index is -0.298. The van der Waals surface area contributed by atoms with E-state index in [-0.39, 0.29) is 24.2 Å². The topological polar surface area (TPSA) is 40.6 Å². The predicted molar refractivity (Wildman–Crippen MR) is 107 cm³/mol. The number of nitrogens with zero attached hydrogens (tertiary/aromatic N) is 2. The number of hydrogen-bond donors (Lipinski definition) is 0.